The highest BCUT2D eigenvalue weighted by Gasteiger charge is 2.41. The van der Waals surface area contributed by atoms with Crippen molar-refractivity contribution < 1.29 is 4.74 Å². The van der Waals surface area contributed by atoms with Crippen LogP contribution >= 0.6 is 12.2 Å². The van der Waals surface area contributed by atoms with Gasteiger partial charge in [-0.15, -0.1) is 0 Å². The van der Waals surface area contributed by atoms with E-state index in [1.54, 1.807) is 0 Å². The van der Waals surface area contributed by atoms with Gasteiger partial charge in [-0.05, 0) is 91.6 Å². The Morgan fingerprint density at radius 3 is 2.47 bits per heavy atom. The molecule has 5 nitrogen and oxygen atoms in total. The molecule has 0 unspecified atom stereocenters. The lowest BCUT2D eigenvalue weighted by Crippen LogP contribution is -2.29. The van der Waals surface area contributed by atoms with Crippen LogP contribution in [0.2, 0.25) is 0 Å². The topological polar surface area (TPSA) is 42.3 Å². The minimum atomic E-state index is -0.0407. The zero-order valence-electron chi connectivity index (χ0n) is 20.4. The van der Waals surface area contributed by atoms with Crippen LogP contribution in [0.25, 0.3) is 0 Å². The van der Waals surface area contributed by atoms with Crippen LogP contribution in [0.1, 0.15) is 60.6 Å². The molecule has 1 aliphatic heterocycles. The standard InChI is InChI=1S/C30H30N4OS/c1-21-8-2-5-12-27(21)35-25-15-13-24(14-16-25)34-29(22-17-19-33(20-22)23-9-3-4-10-23)28(32-30(34)36)26-11-6-7-18-31-26/h2,5-8,11-20,23,28-29H,3-4,9-10H2,1H3,(H,32,36)/t28-,29+/m0/s1. The Bertz CT molecular complexity index is 1340. The van der Waals surface area contributed by atoms with Gasteiger partial charge in [-0.25, -0.2) is 0 Å². The molecular formula is C30H30N4OS. The van der Waals surface area contributed by atoms with Crippen molar-refractivity contribution >= 4 is 23.0 Å². The molecule has 0 amide bonds. The van der Waals surface area contributed by atoms with Gasteiger partial charge >= 0.3 is 0 Å². The van der Waals surface area contributed by atoms with E-state index in [1.807, 2.05) is 48.7 Å². The fourth-order valence-corrected chi connectivity index (χ4v) is 5.83. The highest BCUT2D eigenvalue weighted by molar-refractivity contribution is 7.80. The summed E-state index contributed by atoms with van der Waals surface area (Å²) >= 11 is 5.89. The summed E-state index contributed by atoms with van der Waals surface area (Å²) < 4.78 is 8.53. The molecule has 2 fully saturated rings. The van der Waals surface area contributed by atoms with Gasteiger partial charge in [0.1, 0.15) is 11.5 Å². The number of ether oxygens (including phenoxy) is 1. The number of nitrogens with one attached hydrogen (secondary N) is 1. The largest absolute Gasteiger partial charge is 0.457 e. The minimum Gasteiger partial charge on any atom is -0.457 e. The van der Waals surface area contributed by atoms with Crippen LogP contribution in [-0.4, -0.2) is 14.7 Å². The van der Waals surface area contributed by atoms with Crippen molar-refractivity contribution in [2.45, 2.75) is 50.7 Å². The van der Waals surface area contributed by atoms with E-state index in [0.717, 1.165) is 28.4 Å². The molecule has 182 valence electrons. The van der Waals surface area contributed by atoms with E-state index in [-0.39, 0.29) is 12.1 Å². The third-order valence-electron chi connectivity index (χ3n) is 7.36. The van der Waals surface area contributed by atoms with E-state index >= 15 is 0 Å². The molecule has 0 spiro atoms. The summed E-state index contributed by atoms with van der Waals surface area (Å²) in [5, 5.41) is 4.27. The number of anilines is 1. The smallest absolute Gasteiger partial charge is 0.174 e. The molecule has 1 saturated carbocycles. The lowest BCUT2D eigenvalue weighted by molar-refractivity contribution is 0.479. The number of pyridine rings is 1. The Hall–Kier alpha value is -3.64. The van der Waals surface area contributed by atoms with Crippen LogP contribution in [0.3, 0.4) is 0 Å². The molecule has 2 aromatic carbocycles. The second kappa shape index (κ2) is 9.78. The second-order valence-corrected chi connectivity index (χ2v) is 10.1. The first-order valence-corrected chi connectivity index (χ1v) is 13.1. The molecule has 2 aromatic heterocycles. The van der Waals surface area contributed by atoms with Crippen LogP contribution in [0.15, 0.2) is 91.4 Å². The van der Waals surface area contributed by atoms with Gasteiger partial charge in [-0.3, -0.25) is 4.98 Å². The molecule has 2 aliphatic rings. The zero-order chi connectivity index (χ0) is 24.5. The van der Waals surface area contributed by atoms with Crippen molar-refractivity contribution in [1.82, 2.24) is 14.9 Å². The van der Waals surface area contributed by atoms with E-state index in [4.69, 9.17) is 17.0 Å². The Morgan fingerprint density at radius 1 is 0.944 bits per heavy atom. The summed E-state index contributed by atoms with van der Waals surface area (Å²) in [5.74, 6) is 1.67. The highest BCUT2D eigenvalue weighted by atomic mass is 32.1. The molecule has 0 bridgehead atoms. The predicted molar refractivity (Wildman–Crippen MR) is 148 cm³/mol. The summed E-state index contributed by atoms with van der Waals surface area (Å²) in [6, 6.07) is 25.1. The Balaban J connectivity index is 1.33. The third-order valence-corrected chi connectivity index (χ3v) is 7.67. The van der Waals surface area contributed by atoms with Gasteiger partial charge in [0.25, 0.3) is 0 Å². The molecule has 4 aromatic rings. The molecule has 1 aliphatic carbocycles. The number of thiocarbonyl (C=S) groups is 1. The van der Waals surface area contributed by atoms with Crippen LogP contribution in [0, 0.1) is 6.92 Å². The lowest BCUT2D eigenvalue weighted by Gasteiger charge is -2.27. The van der Waals surface area contributed by atoms with E-state index in [9.17, 15) is 0 Å². The molecule has 6 heteroatoms. The number of nitrogens with zero attached hydrogens (tertiary/aromatic N) is 3. The number of aromatic nitrogens is 2. The SMILES string of the molecule is Cc1ccccc1Oc1ccc(N2C(=S)N[C@@H](c3ccccn3)[C@H]2c2ccn(C3CCCC3)c2)cc1. The molecule has 3 heterocycles. The third kappa shape index (κ3) is 4.37. The first-order chi connectivity index (χ1) is 17.7. The summed E-state index contributed by atoms with van der Waals surface area (Å²) in [7, 11) is 0. The number of hydrogen-bond donors (Lipinski definition) is 1. The predicted octanol–water partition coefficient (Wildman–Crippen LogP) is 7.28. The van der Waals surface area contributed by atoms with Crippen LogP contribution in [0.5, 0.6) is 11.5 Å². The van der Waals surface area contributed by atoms with Crippen molar-refractivity contribution in [3.8, 4) is 11.5 Å². The molecule has 0 radical (unpaired) electrons. The first-order valence-electron chi connectivity index (χ1n) is 12.7. The fourth-order valence-electron chi connectivity index (χ4n) is 5.48. The average molecular weight is 495 g/mol. The Labute approximate surface area is 217 Å². The number of benzene rings is 2. The van der Waals surface area contributed by atoms with Crippen molar-refractivity contribution in [1.29, 1.82) is 0 Å². The number of aryl methyl sites for hydroxylation is 1. The van der Waals surface area contributed by atoms with E-state index in [2.05, 4.69) is 69.4 Å². The summed E-state index contributed by atoms with van der Waals surface area (Å²) in [6.07, 6.45) is 11.5. The summed E-state index contributed by atoms with van der Waals surface area (Å²) in [5.41, 5.74) is 4.36. The summed E-state index contributed by atoms with van der Waals surface area (Å²) in [6.45, 7) is 2.05. The van der Waals surface area contributed by atoms with Gasteiger partial charge in [0, 0.05) is 30.3 Å². The molecule has 2 atom stereocenters. The van der Waals surface area contributed by atoms with E-state index in [1.165, 1.54) is 31.2 Å². The van der Waals surface area contributed by atoms with E-state index in [0.29, 0.717) is 11.2 Å². The number of rotatable bonds is 6. The minimum absolute atomic E-state index is 0.00168. The van der Waals surface area contributed by atoms with Crippen molar-refractivity contribution in [2.24, 2.45) is 0 Å². The monoisotopic (exact) mass is 494 g/mol. The van der Waals surface area contributed by atoms with Gasteiger partial charge in [0.15, 0.2) is 5.11 Å². The van der Waals surface area contributed by atoms with E-state index < -0.39 is 0 Å². The quantitative estimate of drug-likeness (QED) is 0.285. The zero-order valence-corrected chi connectivity index (χ0v) is 21.2. The lowest BCUT2D eigenvalue weighted by atomic mass is 9.98. The maximum Gasteiger partial charge on any atom is 0.174 e. The normalized spacial score (nSPS) is 20.0. The molecule has 1 N–H and O–H groups in total. The number of para-hydroxylation sites is 1. The second-order valence-electron chi connectivity index (χ2n) is 9.69. The van der Waals surface area contributed by atoms with Gasteiger partial charge in [-0.1, -0.05) is 37.1 Å². The van der Waals surface area contributed by atoms with Gasteiger partial charge in [0.05, 0.1) is 17.8 Å². The molecule has 36 heavy (non-hydrogen) atoms. The Morgan fingerprint density at radius 2 is 1.72 bits per heavy atom. The van der Waals surface area contributed by atoms with Crippen molar-refractivity contribution in [2.75, 3.05) is 4.90 Å². The molecule has 6 rings (SSSR count). The highest BCUT2D eigenvalue weighted by Crippen LogP contribution is 2.43. The molecule has 1 saturated heterocycles. The number of hydrogen-bond acceptors (Lipinski definition) is 3. The fraction of sp³-hybridized carbons (Fsp3) is 0.267. The van der Waals surface area contributed by atoms with Crippen molar-refractivity contribution in [3.63, 3.8) is 0 Å². The molecular weight excluding hydrogens is 464 g/mol. The summed E-state index contributed by atoms with van der Waals surface area (Å²) in [4.78, 5) is 6.90. The van der Waals surface area contributed by atoms with Crippen LogP contribution in [0.4, 0.5) is 5.69 Å². The van der Waals surface area contributed by atoms with Gasteiger partial charge in [0.2, 0.25) is 0 Å². The van der Waals surface area contributed by atoms with Gasteiger partial charge in [-0.2, -0.15) is 0 Å². The van der Waals surface area contributed by atoms with Gasteiger partial charge < -0.3 is 19.5 Å². The van der Waals surface area contributed by atoms with Crippen LogP contribution < -0.4 is 15.0 Å². The first kappa shape index (κ1) is 22.8. The maximum atomic E-state index is 6.14. The average Bonchev–Trinajstić information content (AvgIpc) is 3.66. The maximum absolute atomic E-state index is 6.14. The van der Waals surface area contributed by atoms with Crippen LogP contribution in [-0.2, 0) is 0 Å². The Kier molecular flexibility index (Phi) is 6.20. The van der Waals surface area contributed by atoms with Crippen molar-refractivity contribution in [3.05, 3.63) is 108 Å².